The van der Waals surface area contributed by atoms with Crippen molar-refractivity contribution in [3.8, 4) is 0 Å². The first kappa shape index (κ1) is 12.4. The molecule has 13 unspecified atom stereocenters. The summed E-state index contributed by atoms with van der Waals surface area (Å²) in [7, 11) is 0. The summed E-state index contributed by atoms with van der Waals surface area (Å²) in [4.78, 5) is 0. The van der Waals surface area contributed by atoms with E-state index in [1.54, 1.807) is 57.8 Å². The van der Waals surface area contributed by atoms with Crippen LogP contribution in [0.3, 0.4) is 0 Å². The molecule has 10 rings (SSSR count). The molecule has 10 saturated carbocycles. The molecule has 10 aliphatic rings. The molecular formula is C23H32. The Morgan fingerprint density at radius 3 is 2.26 bits per heavy atom. The topological polar surface area (TPSA) is 0 Å². The zero-order chi connectivity index (χ0) is 14.7. The molecule has 10 fully saturated rings. The van der Waals surface area contributed by atoms with Crippen molar-refractivity contribution in [2.24, 2.45) is 75.9 Å². The molecule has 0 N–H and O–H groups in total. The highest BCUT2D eigenvalue weighted by Gasteiger charge is 2.81. The normalized spacial score (nSPS) is 77.9. The largest absolute Gasteiger partial charge is 0.0617 e. The molecule has 0 radical (unpaired) electrons. The van der Waals surface area contributed by atoms with E-state index in [-0.39, 0.29) is 0 Å². The van der Waals surface area contributed by atoms with Crippen LogP contribution >= 0.6 is 0 Å². The van der Waals surface area contributed by atoms with Crippen molar-refractivity contribution >= 4 is 0 Å². The smallest absolute Gasteiger partial charge is 0.0224 e. The van der Waals surface area contributed by atoms with Crippen molar-refractivity contribution in [1.82, 2.24) is 0 Å². The van der Waals surface area contributed by atoms with E-state index in [0.29, 0.717) is 0 Å². The van der Waals surface area contributed by atoms with Gasteiger partial charge in [-0.05, 0) is 127 Å². The van der Waals surface area contributed by atoms with Gasteiger partial charge >= 0.3 is 0 Å². The number of fused-ring (bicyclic) bond motifs is 1. The summed E-state index contributed by atoms with van der Waals surface area (Å²) in [6.45, 7) is 2.79. The summed E-state index contributed by atoms with van der Waals surface area (Å²) < 4.78 is 0. The van der Waals surface area contributed by atoms with E-state index in [1.807, 2.05) is 0 Å². The summed E-state index contributed by atoms with van der Waals surface area (Å²) in [6, 6.07) is 0. The van der Waals surface area contributed by atoms with Gasteiger partial charge in [-0.1, -0.05) is 13.3 Å². The second kappa shape index (κ2) is 3.33. The summed E-state index contributed by atoms with van der Waals surface area (Å²) in [6.07, 6.45) is 15.1. The molecule has 0 nitrogen and oxygen atoms in total. The number of hydrogen-bond acceptors (Lipinski definition) is 0. The van der Waals surface area contributed by atoms with Crippen molar-refractivity contribution in [2.45, 2.75) is 64.7 Å². The zero-order valence-electron chi connectivity index (χ0n) is 14.7. The Bertz CT molecular complexity index is 622. The van der Waals surface area contributed by atoms with Gasteiger partial charge in [-0.3, -0.25) is 0 Å². The van der Waals surface area contributed by atoms with Gasteiger partial charge in [-0.25, -0.2) is 0 Å². The van der Waals surface area contributed by atoms with Crippen LogP contribution in [0.5, 0.6) is 0 Å². The van der Waals surface area contributed by atoms with Crippen LogP contribution in [0.25, 0.3) is 0 Å². The SMILES string of the molecule is CC1C2C3CC4CC5C3CC13CC1CCC6CC2(C4)C5C3C6C1. The van der Waals surface area contributed by atoms with E-state index in [4.69, 9.17) is 0 Å². The Morgan fingerprint density at radius 1 is 0.609 bits per heavy atom. The Labute approximate surface area is 141 Å². The molecule has 0 aromatic carbocycles. The van der Waals surface area contributed by atoms with Crippen LogP contribution in [-0.4, -0.2) is 0 Å². The maximum atomic E-state index is 2.79. The van der Waals surface area contributed by atoms with Crippen LogP contribution in [0.1, 0.15) is 64.7 Å². The zero-order valence-corrected chi connectivity index (χ0v) is 14.7. The van der Waals surface area contributed by atoms with Crippen LogP contribution < -0.4 is 0 Å². The van der Waals surface area contributed by atoms with Crippen molar-refractivity contribution < 1.29 is 0 Å². The van der Waals surface area contributed by atoms with E-state index in [1.165, 1.54) is 53.3 Å². The van der Waals surface area contributed by atoms with Gasteiger partial charge in [0.15, 0.2) is 0 Å². The fourth-order valence-corrected chi connectivity index (χ4v) is 12.7. The predicted octanol–water partition coefficient (Wildman–Crippen LogP) is 5.38. The monoisotopic (exact) mass is 308 g/mol. The lowest BCUT2D eigenvalue weighted by atomic mass is 9.19. The molecule has 10 aliphatic carbocycles. The van der Waals surface area contributed by atoms with E-state index in [2.05, 4.69) is 6.92 Å². The van der Waals surface area contributed by atoms with Gasteiger partial charge in [0.25, 0.3) is 0 Å². The van der Waals surface area contributed by atoms with Crippen molar-refractivity contribution in [2.75, 3.05) is 0 Å². The first-order valence-corrected chi connectivity index (χ1v) is 11.2. The highest BCUT2D eigenvalue weighted by molar-refractivity contribution is 5.29. The van der Waals surface area contributed by atoms with E-state index in [0.717, 1.165) is 22.7 Å². The maximum absolute atomic E-state index is 2.79. The molecule has 0 heterocycles. The van der Waals surface area contributed by atoms with Gasteiger partial charge in [-0.2, -0.15) is 0 Å². The van der Waals surface area contributed by atoms with Crippen LogP contribution in [0.2, 0.25) is 0 Å². The average Bonchev–Trinajstić information content (AvgIpc) is 2.55. The number of rotatable bonds is 0. The fraction of sp³-hybridized carbons (Fsp3) is 1.00. The summed E-state index contributed by atoms with van der Waals surface area (Å²) in [5.41, 5.74) is 1.74. The minimum Gasteiger partial charge on any atom is -0.0617 e. The molecule has 124 valence electrons. The van der Waals surface area contributed by atoms with Gasteiger partial charge in [0.1, 0.15) is 0 Å². The quantitative estimate of drug-likeness (QED) is 0.564. The van der Waals surface area contributed by atoms with Crippen molar-refractivity contribution in [1.29, 1.82) is 0 Å². The minimum atomic E-state index is 0.855. The van der Waals surface area contributed by atoms with Crippen LogP contribution in [-0.2, 0) is 0 Å². The summed E-state index contributed by atoms with van der Waals surface area (Å²) >= 11 is 0. The fourth-order valence-electron chi connectivity index (χ4n) is 12.7. The molecule has 0 aromatic rings. The molecule has 23 heavy (non-hydrogen) atoms. The molecule has 0 aromatic heterocycles. The van der Waals surface area contributed by atoms with E-state index >= 15 is 0 Å². The minimum absolute atomic E-state index is 0.855. The van der Waals surface area contributed by atoms with Gasteiger partial charge in [0.2, 0.25) is 0 Å². The standard InChI is InChI=1S/C23H32/c1-11-19-16-5-13-6-17-18(16)10-22(11)7-12-2-3-14-9-23(19,8-13)21(17)20(22)15(14)4-12/h11-21H,2-10H2,1H3. The lowest BCUT2D eigenvalue weighted by Crippen LogP contribution is -2.80. The van der Waals surface area contributed by atoms with Gasteiger partial charge in [0.05, 0.1) is 0 Å². The number of hydrogen-bond donors (Lipinski definition) is 0. The summed E-state index contributed by atoms with van der Waals surface area (Å²) in [5, 5.41) is 0. The molecule has 2 spiro atoms. The van der Waals surface area contributed by atoms with Crippen LogP contribution in [0.15, 0.2) is 0 Å². The Hall–Kier alpha value is 0. The van der Waals surface area contributed by atoms with Gasteiger partial charge in [0, 0.05) is 0 Å². The third kappa shape index (κ3) is 1.02. The third-order valence-corrected chi connectivity index (χ3v) is 12.3. The maximum Gasteiger partial charge on any atom is -0.0224 e. The van der Waals surface area contributed by atoms with E-state index in [9.17, 15) is 0 Å². The van der Waals surface area contributed by atoms with Crippen molar-refractivity contribution in [3.05, 3.63) is 0 Å². The van der Waals surface area contributed by atoms with Crippen LogP contribution in [0.4, 0.5) is 0 Å². The summed E-state index contributed by atoms with van der Waals surface area (Å²) in [5.74, 6) is 13.0. The first-order chi connectivity index (χ1) is 11.2. The second-order valence-corrected chi connectivity index (χ2v) is 12.1. The highest BCUT2D eigenvalue weighted by Crippen LogP contribution is 2.87. The third-order valence-electron chi connectivity index (χ3n) is 12.3. The second-order valence-electron chi connectivity index (χ2n) is 12.1. The Kier molecular flexibility index (Phi) is 1.79. The molecule has 0 aliphatic heterocycles. The van der Waals surface area contributed by atoms with Crippen molar-refractivity contribution in [3.63, 3.8) is 0 Å². The lowest BCUT2D eigenvalue weighted by molar-refractivity contribution is -0.378. The molecule has 11 bridgehead atoms. The lowest BCUT2D eigenvalue weighted by Gasteiger charge is -2.86. The molecule has 0 heteroatoms. The highest BCUT2D eigenvalue weighted by atomic mass is 14.9. The van der Waals surface area contributed by atoms with E-state index < -0.39 is 0 Å². The average molecular weight is 309 g/mol. The first-order valence-electron chi connectivity index (χ1n) is 11.2. The predicted molar refractivity (Wildman–Crippen MR) is 90.5 cm³/mol. The molecule has 13 atom stereocenters. The Morgan fingerprint density at radius 2 is 1.35 bits per heavy atom. The molecule has 0 saturated heterocycles. The molecular weight excluding hydrogens is 276 g/mol. The molecule has 0 amide bonds. The van der Waals surface area contributed by atoms with Crippen LogP contribution in [0, 0.1) is 75.9 Å². The van der Waals surface area contributed by atoms with Gasteiger partial charge in [-0.15, -0.1) is 0 Å². The van der Waals surface area contributed by atoms with Gasteiger partial charge < -0.3 is 0 Å². The Balaban J connectivity index is 1.45.